The van der Waals surface area contributed by atoms with E-state index in [1.165, 1.54) is 17.8 Å². The Hall–Kier alpha value is -1.84. The van der Waals surface area contributed by atoms with Crippen molar-refractivity contribution >= 4 is 33.5 Å². The molecular weight excluding hydrogens is 352 g/mol. The Labute approximate surface area is 134 Å². The molecule has 0 fully saturated rings. The van der Waals surface area contributed by atoms with Crippen LogP contribution in [0.25, 0.3) is 0 Å². The summed E-state index contributed by atoms with van der Waals surface area (Å²) in [5.74, 6) is 0.106. The van der Waals surface area contributed by atoms with E-state index in [9.17, 15) is 9.59 Å². The second kappa shape index (κ2) is 6.74. The van der Waals surface area contributed by atoms with Gasteiger partial charge in [0, 0.05) is 16.1 Å². The van der Waals surface area contributed by atoms with Crippen LogP contribution >= 0.6 is 27.7 Å². The van der Waals surface area contributed by atoms with Gasteiger partial charge in [-0.1, -0.05) is 39.8 Å². The number of H-pyrrole nitrogens is 1. The molecule has 21 heavy (non-hydrogen) atoms. The number of rotatable bonds is 4. The van der Waals surface area contributed by atoms with Crippen molar-refractivity contribution in [2.24, 2.45) is 0 Å². The van der Waals surface area contributed by atoms with Gasteiger partial charge in [-0.15, -0.1) is 0 Å². The van der Waals surface area contributed by atoms with Crippen LogP contribution in [0, 0.1) is 18.3 Å². The summed E-state index contributed by atoms with van der Waals surface area (Å²) >= 11 is 4.48. The first kappa shape index (κ1) is 15.5. The fourth-order valence-corrected chi connectivity index (χ4v) is 2.99. The molecule has 2 rings (SSSR count). The molecule has 0 saturated heterocycles. The number of Topliss-reactive ketones (excluding diaryl/α,β-unsaturated/α-hetero) is 1. The van der Waals surface area contributed by atoms with Crippen molar-refractivity contribution in [2.75, 3.05) is 5.75 Å². The molecule has 1 N–H and O–H groups in total. The van der Waals surface area contributed by atoms with Gasteiger partial charge < -0.3 is 4.98 Å². The summed E-state index contributed by atoms with van der Waals surface area (Å²) in [6.07, 6.45) is 0. The summed E-state index contributed by atoms with van der Waals surface area (Å²) in [4.78, 5) is 26.2. The first-order chi connectivity index (χ1) is 10.0. The monoisotopic (exact) mass is 362 g/mol. The maximum absolute atomic E-state index is 12.1. The highest BCUT2D eigenvalue weighted by molar-refractivity contribution is 9.10. The number of aryl methyl sites for hydroxylation is 1. The van der Waals surface area contributed by atoms with E-state index in [4.69, 9.17) is 5.26 Å². The lowest BCUT2D eigenvalue weighted by molar-refractivity contribution is 0.102. The molecule has 0 spiro atoms. The molecule has 1 aromatic carbocycles. The number of benzene rings is 1. The molecule has 1 heterocycles. The largest absolute Gasteiger partial charge is 0.316 e. The van der Waals surface area contributed by atoms with Gasteiger partial charge in [0.25, 0.3) is 0 Å². The lowest BCUT2D eigenvalue weighted by Crippen LogP contribution is -2.10. The highest BCUT2D eigenvalue weighted by Crippen LogP contribution is 2.22. The van der Waals surface area contributed by atoms with Crippen LogP contribution in [0.2, 0.25) is 0 Å². The number of ketones is 1. The first-order valence-corrected chi connectivity index (χ1v) is 7.84. The van der Waals surface area contributed by atoms with Gasteiger partial charge in [-0.05, 0) is 24.6 Å². The van der Waals surface area contributed by atoms with Gasteiger partial charge in [0.15, 0.2) is 5.78 Å². The highest BCUT2D eigenvalue weighted by atomic mass is 79.9. The fraction of sp³-hybridized carbons (Fsp3) is 0.133. The van der Waals surface area contributed by atoms with Crippen molar-refractivity contribution in [2.45, 2.75) is 11.9 Å². The van der Waals surface area contributed by atoms with Crippen LogP contribution in [0.1, 0.15) is 21.5 Å². The predicted molar refractivity (Wildman–Crippen MR) is 85.7 cm³/mol. The van der Waals surface area contributed by atoms with Crippen molar-refractivity contribution in [3.8, 4) is 6.07 Å². The van der Waals surface area contributed by atoms with Crippen LogP contribution < -0.4 is 5.56 Å². The second-order valence-electron chi connectivity index (χ2n) is 4.35. The Balaban J connectivity index is 2.17. The molecule has 0 bridgehead atoms. The van der Waals surface area contributed by atoms with Crippen LogP contribution in [0.15, 0.2) is 44.6 Å². The van der Waals surface area contributed by atoms with Gasteiger partial charge in [0.1, 0.15) is 6.07 Å². The number of pyridine rings is 1. The minimum atomic E-state index is -0.273. The van der Waals surface area contributed by atoms with E-state index in [1.54, 1.807) is 31.2 Å². The number of carbonyl (C=O) groups excluding carboxylic acids is 1. The molecule has 2 aromatic rings. The number of halogens is 1. The summed E-state index contributed by atoms with van der Waals surface area (Å²) in [6, 6.07) is 10.5. The zero-order chi connectivity index (χ0) is 15.4. The Morgan fingerprint density at radius 3 is 2.67 bits per heavy atom. The Morgan fingerprint density at radius 1 is 1.38 bits per heavy atom. The van der Waals surface area contributed by atoms with Crippen LogP contribution in [-0.4, -0.2) is 16.5 Å². The third-order valence-corrected chi connectivity index (χ3v) is 4.36. The fourth-order valence-electron chi connectivity index (χ4n) is 1.76. The summed E-state index contributed by atoms with van der Waals surface area (Å²) in [6.45, 7) is 1.70. The molecule has 0 radical (unpaired) electrons. The molecular formula is C15H11BrN2O2S. The molecule has 0 saturated carbocycles. The number of hydrogen-bond donors (Lipinski definition) is 1. The third-order valence-electron chi connectivity index (χ3n) is 2.83. The smallest absolute Gasteiger partial charge is 0.249 e. The standard InChI is InChI=1S/C15H11BrN2O2S/c1-9-6-14(20)18-15(12(9)7-17)21-8-13(19)10-2-4-11(16)5-3-10/h2-6H,8H2,1H3,(H,18,20). The minimum Gasteiger partial charge on any atom is -0.316 e. The van der Waals surface area contributed by atoms with Crippen LogP contribution in [0.4, 0.5) is 0 Å². The molecule has 0 amide bonds. The third kappa shape index (κ3) is 3.84. The zero-order valence-electron chi connectivity index (χ0n) is 11.1. The number of carbonyl (C=O) groups is 1. The van der Waals surface area contributed by atoms with Gasteiger partial charge in [0.05, 0.1) is 16.3 Å². The molecule has 0 atom stereocenters. The van der Waals surface area contributed by atoms with E-state index in [-0.39, 0.29) is 17.1 Å². The summed E-state index contributed by atoms with van der Waals surface area (Å²) in [5.41, 5.74) is 1.34. The molecule has 0 aliphatic carbocycles. The number of nitrogens with zero attached hydrogens (tertiary/aromatic N) is 1. The predicted octanol–water partition coefficient (Wildman–Crippen LogP) is 3.29. The second-order valence-corrected chi connectivity index (χ2v) is 6.25. The van der Waals surface area contributed by atoms with E-state index in [1.807, 2.05) is 0 Å². The quantitative estimate of drug-likeness (QED) is 0.668. The van der Waals surface area contributed by atoms with Crippen molar-refractivity contribution in [3.63, 3.8) is 0 Å². The number of aromatic nitrogens is 1. The van der Waals surface area contributed by atoms with Gasteiger partial charge in [-0.25, -0.2) is 0 Å². The molecule has 0 aliphatic heterocycles. The number of hydrogen-bond acceptors (Lipinski definition) is 4. The van der Waals surface area contributed by atoms with Crippen molar-refractivity contribution in [1.29, 1.82) is 5.26 Å². The highest BCUT2D eigenvalue weighted by Gasteiger charge is 2.12. The molecule has 1 aromatic heterocycles. The van der Waals surface area contributed by atoms with Crippen molar-refractivity contribution < 1.29 is 4.79 Å². The van der Waals surface area contributed by atoms with E-state index < -0.39 is 0 Å². The van der Waals surface area contributed by atoms with E-state index in [0.29, 0.717) is 21.7 Å². The van der Waals surface area contributed by atoms with Gasteiger partial charge in [-0.2, -0.15) is 5.26 Å². The average molecular weight is 363 g/mol. The molecule has 106 valence electrons. The maximum atomic E-state index is 12.1. The molecule has 4 nitrogen and oxygen atoms in total. The first-order valence-electron chi connectivity index (χ1n) is 6.07. The Bertz CT molecular complexity index is 776. The summed E-state index contributed by atoms with van der Waals surface area (Å²) in [7, 11) is 0. The SMILES string of the molecule is Cc1cc(=O)[nH]c(SCC(=O)c2ccc(Br)cc2)c1C#N. The van der Waals surface area contributed by atoms with E-state index >= 15 is 0 Å². The topological polar surface area (TPSA) is 73.7 Å². The van der Waals surface area contributed by atoms with Crippen LogP contribution in [0.3, 0.4) is 0 Å². The molecule has 0 unspecified atom stereocenters. The normalized spacial score (nSPS) is 10.1. The summed E-state index contributed by atoms with van der Waals surface area (Å²) < 4.78 is 0.904. The van der Waals surface area contributed by atoms with Crippen molar-refractivity contribution in [1.82, 2.24) is 4.98 Å². The summed E-state index contributed by atoms with van der Waals surface area (Å²) in [5, 5.41) is 9.57. The van der Waals surface area contributed by atoms with Crippen LogP contribution in [0.5, 0.6) is 0 Å². The van der Waals surface area contributed by atoms with E-state index in [0.717, 1.165) is 4.47 Å². The van der Waals surface area contributed by atoms with Crippen molar-refractivity contribution in [3.05, 3.63) is 61.8 Å². The van der Waals surface area contributed by atoms with E-state index in [2.05, 4.69) is 27.0 Å². The van der Waals surface area contributed by atoms with Crippen LogP contribution in [-0.2, 0) is 0 Å². The lowest BCUT2D eigenvalue weighted by Gasteiger charge is -2.05. The number of nitriles is 1. The number of nitrogens with one attached hydrogen (secondary N) is 1. The minimum absolute atomic E-state index is 0.0567. The van der Waals surface area contributed by atoms with Gasteiger partial charge >= 0.3 is 0 Å². The number of aromatic amines is 1. The number of thioether (sulfide) groups is 1. The van der Waals surface area contributed by atoms with Gasteiger partial charge in [0.2, 0.25) is 5.56 Å². The molecule has 6 heteroatoms. The maximum Gasteiger partial charge on any atom is 0.249 e. The molecule has 0 aliphatic rings. The average Bonchev–Trinajstić information content (AvgIpc) is 2.45. The zero-order valence-corrected chi connectivity index (χ0v) is 13.5. The lowest BCUT2D eigenvalue weighted by atomic mass is 10.2. The van der Waals surface area contributed by atoms with Gasteiger partial charge in [-0.3, -0.25) is 9.59 Å². The Kier molecular flexibility index (Phi) is 4.99. The Morgan fingerprint density at radius 2 is 2.05 bits per heavy atom.